The van der Waals surface area contributed by atoms with Crippen LogP contribution in [0.1, 0.15) is 77.0 Å². The molecule has 2 aromatic carbocycles. The van der Waals surface area contributed by atoms with Crippen LogP contribution in [0.3, 0.4) is 0 Å². The van der Waals surface area contributed by atoms with E-state index in [1.54, 1.807) is 0 Å². The fraction of sp³-hybridized carbons (Fsp3) is 0.474. The summed E-state index contributed by atoms with van der Waals surface area (Å²) in [6, 6.07) is 12.0. The molecule has 44 heavy (non-hydrogen) atoms. The average Bonchev–Trinajstić information content (AvgIpc) is 3.04. The molecule has 0 aliphatic rings. The smallest absolute Gasteiger partial charge is 0.146 e. The molecule has 0 aliphatic heterocycles. The van der Waals surface area contributed by atoms with Crippen molar-refractivity contribution in [2.45, 2.75) is 77.0 Å². The minimum absolute atomic E-state index is 0.647. The molecule has 2 aromatic rings. The number of unbranched alkanes of at least 4 members (excludes halogenated alkanes) is 8. The van der Waals surface area contributed by atoms with Gasteiger partial charge in [0, 0.05) is 13.1 Å². The van der Waals surface area contributed by atoms with Crippen LogP contribution in [0.25, 0.3) is 0 Å². The summed E-state index contributed by atoms with van der Waals surface area (Å²) in [6.07, 6.45) is 19.9. The van der Waals surface area contributed by atoms with E-state index in [4.69, 9.17) is 18.9 Å². The van der Waals surface area contributed by atoms with Crippen molar-refractivity contribution >= 4 is 11.4 Å². The Hall–Kier alpha value is -3.80. The second-order valence-corrected chi connectivity index (χ2v) is 10.6. The summed E-state index contributed by atoms with van der Waals surface area (Å²) in [7, 11) is 0. The van der Waals surface area contributed by atoms with Gasteiger partial charge in [-0.2, -0.15) is 0 Å². The normalized spacial score (nSPS) is 10.5. The molecule has 0 atom stereocenters. The van der Waals surface area contributed by atoms with Crippen molar-refractivity contribution in [3.05, 3.63) is 87.0 Å². The van der Waals surface area contributed by atoms with Crippen LogP contribution in [-0.2, 0) is 0 Å². The average molecular weight is 605 g/mol. The second-order valence-electron chi connectivity index (χ2n) is 10.6. The van der Waals surface area contributed by atoms with Gasteiger partial charge in [0.1, 0.15) is 34.4 Å². The van der Waals surface area contributed by atoms with Gasteiger partial charge in [-0.3, -0.25) is 0 Å². The predicted molar refractivity (Wildman–Crippen MR) is 188 cm³/mol. The highest BCUT2D eigenvalue weighted by molar-refractivity contribution is 5.68. The summed E-state index contributed by atoms with van der Waals surface area (Å²) in [6.45, 7) is 19.1. The van der Waals surface area contributed by atoms with E-state index in [9.17, 15) is 0 Å². The highest BCUT2D eigenvalue weighted by atomic mass is 16.5. The van der Waals surface area contributed by atoms with Crippen LogP contribution in [-0.4, -0.2) is 39.5 Å². The topological polar surface area (TPSA) is 61.0 Å². The SMILES string of the molecule is C=CCCCCOc1cccc(OCCCCC=C)c1NCCNc1c(OCCCCC=C)cccc1OCCCCC=C. The lowest BCUT2D eigenvalue weighted by Crippen LogP contribution is -2.16. The lowest BCUT2D eigenvalue weighted by molar-refractivity contribution is 0.294. The van der Waals surface area contributed by atoms with Crippen molar-refractivity contribution in [3.63, 3.8) is 0 Å². The maximum Gasteiger partial charge on any atom is 0.146 e. The molecule has 6 nitrogen and oxygen atoms in total. The summed E-state index contributed by atoms with van der Waals surface area (Å²) in [5, 5.41) is 7.17. The van der Waals surface area contributed by atoms with E-state index < -0.39 is 0 Å². The molecule has 0 saturated carbocycles. The zero-order chi connectivity index (χ0) is 31.5. The summed E-state index contributed by atoms with van der Waals surface area (Å²) in [5.41, 5.74) is 1.76. The summed E-state index contributed by atoms with van der Waals surface area (Å²) in [5.74, 6) is 3.22. The molecule has 0 saturated heterocycles. The summed E-state index contributed by atoms with van der Waals surface area (Å²) >= 11 is 0. The quantitative estimate of drug-likeness (QED) is 0.0712. The van der Waals surface area contributed by atoms with Gasteiger partial charge in [0.15, 0.2) is 0 Å². The van der Waals surface area contributed by atoms with Gasteiger partial charge in [-0.15, -0.1) is 26.3 Å². The zero-order valence-corrected chi connectivity index (χ0v) is 27.0. The minimum atomic E-state index is 0.647. The molecule has 0 aromatic heterocycles. The molecule has 2 N–H and O–H groups in total. The van der Waals surface area contributed by atoms with E-state index in [1.807, 2.05) is 60.7 Å². The lowest BCUT2D eigenvalue weighted by Gasteiger charge is -2.20. The van der Waals surface area contributed by atoms with Gasteiger partial charge in [0.2, 0.25) is 0 Å². The first-order valence-electron chi connectivity index (χ1n) is 16.4. The molecule has 6 heteroatoms. The molecule has 0 unspecified atom stereocenters. The van der Waals surface area contributed by atoms with Crippen molar-refractivity contribution in [2.75, 3.05) is 50.2 Å². The van der Waals surface area contributed by atoms with E-state index in [0.717, 1.165) is 111 Å². The monoisotopic (exact) mass is 604 g/mol. The fourth-order valence-corrected chi connectivity index (χ4v) is 4.52. The van der Waals surface area contributed by atoms with E-state index >= 15 is 0 Å². The molecule has 0 spiro atoms. The maximum absolute atomic E-state index is 6.20. The summed E-state index contributed by atoms with van der Waals surface area (Å²) in [4.78, 5) is 0. The Morgan fingerprint density at radius 1 is 0.432 bits per heavy atom. The standard InChI is InChI=1S/C38H56N2O4/c1-5-9-13-17-29-41-33-23-21-24-34(42-30-18-14-10-6-2)37(33)39-27-28-40-38-35(43-31-19-15-11-7-3)25-22-26-36(38)44-32-20-16-12-8-4/h5-8,21-26,39-40H,1-4,9-20,27-32H2. The summed E-state index contributed by atoms with van der Waals surface area (Å²) < 4.78 is 24.8. The van der Waals surface area contributed by atoms with Crippen LogP contribution in [0.5, 0.6) is 23.0 Å². The number of allylic oxidation sites excluding steroid dienone is 4. The third kappa shape index (κ3) is 15.1. The van der Waals surface area contributed by atoms with E-state index in [2.05, 4.69) is 36.9 Å². The van der Waals surface area contributed by atoms with Crippen LogP contribution in [0, 0.1) is 0 Å². The number of ether oxygens (including phenoxy) is 4. The Balaban J connectivity index is 2.09. The Labute approximate surface area is 267 Å². The van der Waals surface area contributed by atoms with Gasteiger partial charge in [0.25, 0.3) is 0 Å². The van der Waals surface area contributed by atoms with Crippen LogP contribution in [0.2, 0.25) is 0 Å². The first-order chi connectivity index (χ1) is 21.7. The van der Waals surface area contributed by atoms with Gasteiger partial charge in [-0.05, 0) is 101 Å². The number of rotatable bonds is 29. The Bertz CT molecular complexity index is 926. The first-order valence-corrected chi connectivity index (χ1v) is 16.4. The van der Waals surface area contributed by atoms with Crippen LogP contribution in [0.4, 0.5) is 11.4 Å². The Kier molecular flexibility index (Phi) is 20.4. The van der Waals surface area contributed by atoms with Crippen LogP contribution in [0.15, 0.2) is 87.0 Å². The Morgan fingerprint density at radius 2 is 0.705 bits per heavy atom. The maximum atomic E-state index is 6.20. The number of benzene rings is 2. The molecule has 0 bridgehead atoms. The van der Waals surface area contributed by atoms with Gasteiger partial charge < -0.3 is 29.6 Å². The van der Waals surface area contributed by atoms with Crippen molar-refractivity contribution in [1.29, 1.82) is 0 Å². The third-order valence-corrected chi connectivity index (χ3v) is 6.95. The molecular formula is C38H56N2O4. The predicted octanol–water partition coefficient (Wildman–Crippen LogP) is 10.2. The molecule has 0 aliphatic carbocycles. The van der Waals surface area contributed by atoms with Gasteiger partial charge in [0.05, 0.1) is 26.4 Å². The number of hydrogen-bond acceptors (Lipinski definition) is 6. The number of nitrogens with one attached hydrogen (secondary N) is 2. The highest BCUT2D eigenvalue weighted by Gasteiger charge is 2.14. The van der Waals surface area contributed by atoms with Crippen LogP contribution < -0.4 is 29.6 Å². The third-order valence-electron chi connectivity index (χ3n) is 6.95. The van der Waals surface area contributed by atoms with Crippen LogP contribution >= 0.6 is 0 Å². The van der Waals surface area contributed by atoms with Gasteiger partial charge in [-0.25, -0.2) is 0 Å². The molecule has 242 valence electrons. The van der Waals surface area contributed by atoms with E-state index in [-0.39, 0.29) is 0 Å². The van der Waals surface area contributed by atoms with Crippen molar-refractivity contribution in [2.24, 2.45) is 0 Å². The number of hydrogen-bond donors (Lipinski definition) is 2. The minimum Gasteiger partial charge on any atom is -0.491 e. The molecule has 0 amide bonds. The number of para-hydroxylation sites is 2. The molecule has 0 fully saturated rings. The second kappa shape index (κ2) is 24.6. The molecular weight excluding hydrogens is 548 g/mol. The molecule has 0 radical (unpaired) electrons. The first kappa shape index (κ1) is 36.4. The Morgan fingerprint density at radius 3 is 0.955 bits per heavy atom. The fourth-order valence-electron chi connectivity index (χ4n) is 4.52. The lowest BCUT2D eigenvalue weighted by atomic mass is 10.2. The van der Waals surface area contributed by atoms with E-state index in [1.165, 1.54) is 0 Å². The zero-order valence-electron chi connectivity index (χ0n) is 27.0. The van der Waals surface area contributed by atoms with Gasteiger partial charge in [-0.1, -0.05) is 36.4 Å². The van der Waals surface area contributed by atoms with Crippen molar-refractivity contribution in [1.82, 2.24) is 0 Å². The number of anilines is 2. The molecule has 0 heterocycles. The molecule has 2 rings (SSSR count). The van der Waals surface area contributed by atoms with Gasteiger partial charge >= 0.3 is 0 Å². The van der Waals surface area contributed by atoms with E-state index in [0.29, 0.717) is 39.5 Å². The highest BCUT2D eigenvalue weighted by Crippen LogP contribution is 2.36. The largest absolute Gasteiger partial charge is 0.491 e. The van der Waals surface area contributed by atoms with Crippen molar-refractivity contribution < 1.29 is 18.9 Å². The van der Waals surface area contributed by atoms with Crippen molar-refractivity contribution in [3.8, 4) is 23.0 Å².